The lowest BCUT2D eigenvalue weighted by Crippen LogP contribution is -3.11. The molecule has 1 aliphatic carbocycles. The van der Waals surface area contributed by atoms with E-state index in [4.69, 9.17) is 17.3 Å². The largest absolute Gasteiger partial charge is 0.330 e. The maximum atomic E-state index is 5.59. The van der Waals surface area contributed by atoms with Gasteiger partial charge in [-0.25, -0.2) is 0 Å². The van der Waals surface area contributed by atoms with Gasteiger partial charge in [-0.05, 0) is 48.0 Å². The van der Waals surface area contributed by atoms with Gasteiger partial charge in [0, 0.05) is 36.5 Å². The van der Waals surface area contributed by atoms with E-state index in [1.807, 2.05) is 17.1 Å². The van der Waals surface area contributed by atoms with E-state index in [0.717, 1.165) is 28.0 Å². The summed E-state index contributed by atoms with van der Waals surface area (Å²) in [5.74, 6) is 0.534. The number of anilines is 2. The van der Waals surface area contributed by atoms with Crippen molar-refractivity contribution >= 4 is 34.4 Å². The first-order valence-corrected chi connectivity index (χ1v) is 11.0. The summed E-state index contributed by atoms with van der Waals surface area (Å²) >= 11 is 7.12. The van der Waals surface area contributed by atoms with Crippen molar-refractivity contribution in [3.63, 3.8) is 0 Å². The number of pyridine rings is 1. The van der Waals surface area contributed by atoms with Crippen molar-refractivity contribution in [3.8, 4) is 0 Å². The number of nitrogens with one attached hydrogen (secondary N) is 2. The fourth-order valence-corrected chi connectivity index (χ4v) is 4.33. The highest BCUT2D eigenvalue weighted by Gasteiger charge is 2.33. The van der Waals surface area contributed by atoms with E-state index in [0.29, 0.717) is 12.0 Å². The lowest BCUT2D eigenvalue weighted by atomic mass is 10.0. The molecule has 4 rings (SSSR count). The van der Waals surface area contributed by atoms with E-state index in [9.17, 15) is 0 Å². The Kier molecular flexibility index (Phi) is 5.85. The monoisotopic (exact) mass is 412 g/mol. The highest BCUT2D eigenvalue weighted by molar-refractivity contribution is 7.73. The molecule has 0 bridgehead atoms. The molecule has 1 unspecified atom stereocenters. The quantitative estimate of drug-likeness (QED) is 0.546. The van der Waals surface area contributed by atoms with E-state index in [-0.39, 0.29) is 0 Å². The predicted molar refractivity (Wildman–Crippen MR) is 117 cm³/mol. The van der Waals surface area contributed by atoms with Crippen molar-refractivity contribution in [2.24, 2.45) is 0 Å². The fraction of sp³-hybridized carbons (Fsp3) is 0.381. The Morgan fingerprint density at radius 2 is 1.89 bits per heavy atom. The average molecular weight is 413 g/mol. The van der Waals surface area contributed by atoms with Crippen LogP contribution >= 0.6 is 23.6 Å². The summed E-state index contributed by atoms with van der Waals surface area (Å²) in [5.41, 5.74) is 3.69. The van der Waals surface area contributed by atoms with Crippen LogP contribution in [0.15, 0.2) is 48.8 Å². The van der Waals surface area contributed by atoms with Crippen LogP contribution in [0.25, 0.3) is 0 Å². The minimum Gasteiger partial charge on any atom is -0.330 e. The molecule has 2 N–H and O–H groups in total. The van der Waals surface area contributed by atoms with Gasteiger partial charge in [0.05, 0.1) is 6.04 Å². The molecule has 5 nitrogen and oxygen atoms in total. The number of hydrogen-bond donors (Lipinski definition) is 2. The molecule has 0 saturated heterocycles. The maximum absolute atomic E-state index is 5.59. The third-order valence-corrected chi connectivity index (χ3v) is 6.35. The van der Waals surface area contributed by atoms with Crippen LogP contribution < -0.4 is 10.2 Å². The SMILES string of the molecule is CC(C)c1ccc(Nc2nn(C[NH+](Cc3ccncc3)C3CC3)c(=S)s2)cc1. The zero-order valence-corrected chi connectivity index (χ0v) is 17.9. The molecular weight excluding hydrogens is 386 g/mol. The molecule has 0 spiro atoms. The third-order valence-electron chi connectivity index (χ3n) is 5.12. The summed E-state index contributed by atoms with van der Waals surface area (Å²) < 4.78 is 2.79. The van der Waals surface area contributed by atoms with Crippen molar-refractivity contribution in [3.05, 3.63) is 63.9 Å². The Morgan fingerprint density at radius 3 is 2.54 bits per heavy atom. The molecule has 1 saturated carbocycles. The zero-order chi connectivity index (χ0) is 19.5. The van der Waals surface area contributed by atoms with Gasteiger partial charge in [-0.3, -0.25) is 4.98 Å². The molecule has 7 heteroatoms. The van der Waals surface area contributed by atoms with Crippen LogP contribution in [-0.2, 0) is 13.2 Å². The fourth-order valence-electron chi connectivity index (χ4n) is 3.31. The number of hydrogen-bond acceptors (Lipinski definition) is 5. The van der Waals surface area contributed by atoms with Gasteiger partial charge in [0.25, 0.3) is 0 Å². The molecule has 1 fully saturated rings. The minimum atomic E-state index is 0.534. The second-order valence-corrected chi connectivity index (χ2v) is 9.32. The summed E-state index contributed by atoms with van der Waals surface area (Å²) in [6.07, 6.45) is 6.29. The van der Waals surface area contributed by atoms with Gasteiger partial charge in [-0.15, -0.1) is 5.10 Å². The summed E-state index contributed by atoms with van der Waals surface area (Å²) in [4.78, 5) is 5.63. The average Bonchev–Trinajstić information content (AvgIpc) is 3.48. The Bertz CT molecular complexity index is 958. The van der Waals surface area contributed by atoms with Gasteiger partial charge in [0.2, 0.25) is 5.13 Å². The number of rotatable bonds is 8. The second kappa shape index (κ2) is 8.51. The first-order valence-electron chi connectivity index (χ1n) is 9.77. The van der Waals surface area contributed by atoms with Gasteiger partial charge in [0.15, 0.2) is 10.6 Å². The molecule has 0 aliphatic heterocycles. The molecule has 1 atom stereocenters. The molecule has 28 heavy (non-hydrogen) atoms. The second-order valence-electron chi connectivity index (χ2n) is 7.70. The summed E-state index contributed by atoms with van der Waals surface area (Å²) in [5, 5.41) is 8.99. The zero-order valence-electron chi connectivity index (χ0n) is 16.3. The van der Waals surface area contributed by atoms with Gasteiger partial charge in [-0.2, -0.15) is 4.68 Å². The lowest BCUT2D eigenvalue weighted by Gasteiger charge is -2.18. The topological polar surface area (TPSA) is 47.2 Å². The van der Waals surface area contributed by atoms with Crippen molar-refractivity contribution in [1.29, 1.82) is 0 Å². The number of aromatic nitrogens is 3. The Labute approximate surface area is 175 Å². The molecule has 2 heterocycles. The first-order chi connectivity index (χ1) is 13.6. The van der Waals surface area contributed by atoms with Crippen LogP contribution in [0.3, 0.4) is 0 Å². The molecule has 0 radical (unpaired) electrons. The van der Waals surface area contributed by atoms with Crippen LogP contribution in [0.1, 0.15) is 43.7 Å². The van der Waals surface area contributed by atoms with Crippen molar-refractivity contribution in [1.82, 2.24) is 14.8 Å². The smallest absolute Gasteiger partial charge is 0.209 e. The van der Waals surface area contributed by atoms with E-state index in [1.165, 1.54) is 40.2 Å². The number of quaternary nitrogens is 1. The highest BCUT2D eigenvalue weighted by Crippen LogP contribution is 2.23. The molecular formula is C21H26N5S2+. The number of benzene rings is 1. The van der Waals surface area contributed by atoms with E-state index < -0.39 is 0 Å². The Hall–Kier alpha value is -2.09. The van der Waals surface area contributed by atoms with Crippen LogP contribution in [-0.4, -0.2) is 20.8 Å². The minimum absolute atomic E-state index is 0.534. The highest BCUT2D eigenvalue weighted by atomic mass is 32.1. The summed E-state index contributed by atoms with van der Waals surface area (Å²) in [6, 6.07) is 13.4. The van der Waals surface area contributed by atoms with Crippen LogP contribution in [0.4, 0.5) is 10.8 Å². The molecule has 1 aromatic carbocycles. The molecule has 2 aromatic heterocycles. The van der Waals surface area contributed by atoms with Gasteiger partial charge in [-0.1, -0.05) is 37.3 Å². The lowest BCUT2D eigenvalue weighted by molar-refractivity contribution is -0.947. The van der Waals surface area contributed by atoms with Crippen LogP contribution in [0.2, 0.25) is 0 Å². The van der Waals surface area contributed by atoms with Gasteiger partial charge >= 0.3 is 0 Å². The summed E-state index contributed by atoms with van der Waals surface area (Å²) in [6.45, 7) is 6.19. The van der Waals surface area contributed by atoms with Crippen molar-refractivity contribution < 1.29 is 4.90 Å². The van der Waals surface area contributed by atoms with Crippen LogP contribution in [0.5, 0.6) is 0 Å². The Morgan fingerprint density at radius 1 is 1.18 bits per heavy atom. The van der Waals surface area contributed by atoms with E-state index >= 15 is 0 Å². The van der Waals surface area contributed by atoms with Crippen LogP contribution in [0, 0.1) is 3.95 Å². The van der Waals surface area contributed by atoms with E-state index in [1.54, 1.807) is 0 Å². The van der Waals surface area contributed by atoms with Crippen molar-refractivity contribution in [2.75, 3.05) is 5.32 Å². The standard InChI is InChI=1S/C21H25N5S2/c1-15(2)17-3-5-18(6-4-17)23-20-24-26(21(27)28-20)14-25(19-7-8-19)13-16-9-11-22-12-10-16/h3-6,9-12,15,19H,7-8,13-14H2,1-2H3,(H,23,24)/p+1. The first kappa shape index (κ1) is 19.2. The third kappa shape index (κ3) is 4.84. The molecule has 146 valence electrons. The molecule has 3 aromatic rings. The number of nitrogens with zero attached hydrogens (tertiary/aromatic N) is 3. The summed E-state index contributed by atoms with van der Waals surface area (Å²) in [7, 11) is 0. The van der Waals surface area contributed by atoms with E-state index in [2.05, 4.69) is 60.5 Å². The Balaban J connectivity index is 1.45. The maximum Gasteiger partial charge on any atom is 0.209 e. The molecule has 1 aliphatic rings. The van der Waals surface area contributed by atoms with Crippen molar-refractivity contribution in [2.45, 2.75) is 51.9 Å². The normalized spacial score (nSPS) is 15.0. The predicted octanol–water partition coefficient (Wildman–Crippen LogP) is 4.14. The molecule has 0 amide bonds. The van der Waals surface area contributed by atoms with Gasteiger partial charge in [0.1, 0.15) is 6.54 Å². The van der Waals surface area contributed by atoms with Gasteiger partial charge < -0.3 is 10.2 Å².